The summed E-state index contributed by atoms with van der Waals surface area (Å²) in [6, 6.07) is 9.42. The van der Waals surface area contributed by atoms with Crippen molar-refractivity contribution in [2.75, 3.05) is 6.16 Å². The van der Waals surface area contributed by atoms with Crippen LogP contribution in [-0.2, 0) is 29.8 Å². The predicted octanol–water partition coefficient (Wildman–Crippen LogP) is 4.94. The molecular weight excluding hydrogens is 327 g/mol. The van der Waals surface area contributed by atoms with Crippen LogP contribution in [0.4, 0.5) is 0 Å². The molecular formula is C18H29O5P. The summed E-state index contributed by atoms with van der Waals surface area (Å²) < 4.78 is 29.5. The van der Waals surface area contributed by atoms with Crippen molar-refractivity contribution in [3.8, 4) is 0 Å². The Morgan fingerprint density at radius 3 is 1.92 bits per heavy atom. The smallest absolute Gasteiger partial charge is 0.332 e. The Balaban J connectivity index is 2.60. The monoisotopic (exact) mass is 356 g/mol. The van der Waals surface area contributed by atoms with Gasteiger partial charge in [-0.3, -0.25) is 9.36 Å². The van der Waals surface area contributed by atoms with Gasteiger partial charge in [-0.15, -0.1) is 0 Å². The third-order valence-electron chi connectivity index (χ3n) is 2.66. The van der Waals surface area contributed by atoms with Gasteiger partial charge in [-0.05, 0) is 47.1 Å². The maximum Gasteiger partial charge on any atom is 0.332 e. The molecule has 0 atom stereocenters. The normalized spacial score (nSPS) is 12.9. The molecule has 0 amide bonds. The summed E-state index contributed by atoms with van der Waals surface area (Å²) >= 11 is 0. The molecule has 136 valence electrons. The second-order valence-corrected chi connectivity index (χ2v) is 9.67. The number of carbonyl (C=O) groups is 1. The molecule has 0 aliphatic heterocycles. The van der Waals surface area contributed by atoms with Crippen molar-refractivity contribution in [1.29, 1.82) is 0 Å². The van der Waals surface area contributed by atoms with Crippen molar-refractivity contribution >= 4 is 13.6 Å². The van der Waals surface area contributed by atoms with E-state index in [2.05, 4.69) is 0 Å². The summed E-state index contributed by atoms with van der Waals surface area (Å²) in [6.07, 6.45) is -0.0224. The Morgan fingerprint density at radius 2 is 1.46 bits per heavy atom. The van der Waals surface area contributed by atoms with Crippen LogP contribution in [0, 0.1) is 0 Å². The van der Waals surface area contributed by atoms with E-state index in [0.29, 0.717) is 0 Å². The van der Waals surface area contributed by atoms with E-state index in [0.717, 1.165) is 5.56 Å². The van der Waals surface area contributed by atoms with Crippen LogP contribution in [0.2, 0.25) is 0 Å². The Bertz CT molecular complexity index is 549. The average Bonchev–Trinajstić information content (AvgIpc) is 2.40. The highest BCUT2D eigenvalue weighted by atomic mass is 31.2. The molecule has 0 aromatic heterocycles. The van der Waals surface area contributed by atoms with Crippen LogP contribution in [0.5, 0.6) is 0 Å². The lowest BCUT2D eigenvalue weighted by Crippen LogP contribution is -2.25. The fourth-order valence-corrected chi connectivity index (χ4v) is 4.33. The Morgan fingerprint density at radius 1 is 0.958 bits per heavy atom. The number of esters is 1. The number of hydrogen-bond donors (Lipinski definition) is 0. The highest BCUT2D eigenvalue weighted by Gasteiger charge is 2.35. The fourth-order valence-electron chi connectivity index (χ4n) is 1.98. The lowest BCUT2D eigenvalue weighted by atomic mass is 10.2. The summed E-state index contributed by atoms with van der Waals surface area (Å²) in [5.74, 6) is -0.422. The molecule has 6 heteroatoms. The summed E-state index contributed by atoms with van der Waals surface area (Å²) in [7, 11) is -3.41. The molecule has 0 radical (unpaired) electrons. The van der Waals surface area contributed by atoms with Gasteiger partial charge in [0.1, 0.15) is 6.61 Å². The topological polar surface area (TPSA) is 61.8 Å². The van der Waals surface area contributed by atoms with Crippen molar-refractivity contribution < 1.29 is 23.1 Å². The number of carbonyl (C=O) groups excluding carboxylic acids is 1. The average molecular weight is 356 g/mol. The molecule has 0 unspecified atom stereocenters. The molecule has 5 nitrogen and oxygen atoms in total. The molecule has 0 fully saturated rings. The van der Waals surface area contributed by atoms with Crippen LogP contribution < -0.4 is 0 Å². The highest BCUT2D eigenvalue weighted by molar-refractivity contribution is 7.53. The van der Waals surface area contributed by atoms with Crippen LogP contribution in [0.25, 0.3) is 0 Å². The van der Waals surface area contributed by atoms with Crippen molar-refractivity contribution in [3.05, 3.63) is 35.9 Å². The second kappa shape index (κ2) is 8.28. The van der Waals surface area contributed by atoms with E-state index in [-0.39, 0.29) is 19.2 Å². The van der Waals surface area contributed by atoms with Gasteiger partial charge >= 0.3 is 13.6 Å². The Kier molecular flexibility index (Phi) is 7.21. The van der Waals surface area contributed by atoms with E-state index in [9.17, 15) is 9.36 Å². The highest BCUT2D eigenvalue weighted by Crippen LogP contribution is 2.54. The summed E-state index contributed by atoms with van der Waals surface area (Å²) in [5.41, 5.74) is -0.352. The van der Waals surface area contributed by atoms with E-state index in [4.69, 9.17) is 13.8 Å². The third kappa shape index (κ3) is 9.21. The van der Waals surface area contributed by atoms with Gasteiger partial charge in [0.25, 0.3) is 0 Å². The van der Waals surface area contributed by atoms with Gasteiger partial charge in [0.2, 0.25) is 0 Å². The third-order valence-corrected chi connectivity index (χ3v) is 5.08. The van der Waals surface area contributed by atoms with E-state index in [1.54, 1.807) is 41.5 Å². The molecule has 0 N–H and O–H groups in total. The quantitative estimate of drug-likeness (QED) is 0.511. The van der Waals surface area contributed by atoms with Crippen molar-refractivity contribution in [1.82, 2.24) is 0 Å². The van der Waals surface area contributed by atoms with Crippen molar-refractivity contribution in [2.45, 2.75) is 65.8 Å². The first-order valence-corrected chi connectivity index (χ1v) is 9.81. The molecule has 0 heterocycles. The molecule has 1 rings (SSSR count). The van der Waals surface area contributed by atoms with E-state index in [1.165, 1.54) is 0 Å². The van der Waals surface area contributed by atoms with Crippen LogP contribution in [0.1, 0.15) is 53.5 Å². The Hall–Kier alpha value is -1.16. The van der Waals surface area contributed by atoms with Crippen molar-refractivity contribution in [2.24, 2.45) is 0 Å². The molecule has 0 aliphatic rings. The lowest BCUT2D eigenvalue weighted by molar-refractivity contribution is -0.144. The molecule has 1 aromatic rings. The largest absolute Gasteiger partial charge is 0.461 e. The SMILES string of the molecule is CC(C)(C)OP(=O)(CCC(=O)OCc1ccccc1)OC(C)(C)C. The van der Waals surface area contributed by atoms with Gasteiger partial charge in [-0.25, -0.2) is 0 Å². The minimum absolute atomic E-state index is 0.00480. The number of benzene rings is 1. The number of rotatable bonds is 7. The zero-order valence-electron chi connectivity index (χ0n) is 15.5. The number of ether oxygens (including phenoxy) is 1. The first-order valence-electron chi connectivity index (χ1n) is 8.09. The first kappa shape index (κ1) is 20.9. The van der Waals surface area contributed by atoms with Crippen LogP contribution in [0.15, 0.2) is 30.3 Å². The molecule has 0 aliphatic carbocycles. The zero-order chi connectivity index (χ0) is 18.4. The standard InChI is InChI=1S/C18H29O5P/c1-17(2,3)22-24(20,23-18(4,5)6)13-12-16(19)21-14-15-10-8-7-9-11-15/h7-11H,12-14H2,1-6H3. The summed E-state index contributed by atoms with van der Waals surface area (Å²) in [5, 5.41) is 0. The second-order valence-electron chi connectivity index (χ2n) is 7.64. The summed E-state index contributed by atoms with van der Waals surface area (Å²) in [6.45, 7) is 11.0. The molecule has 24 heavy (non-hydrogen) atoms. The van der Waals surface area contributed by atoms with E-state index in [1.807, 2.05) is 30.3 Å². The molecule has 0 spiro atoms. The molecule has 0 saturated carbocycles. The van der Waals surface area contributed by atoms with E-state index < -0.39 is 24.8 Å². The van der Waals surface area contributed by atoms with Gasteiger partial charge < -0.3 is 13.8 Å². The van der Waals surface area contributed by atoms with Crippen LogP contribution in [-0.4, -0.2) is 23.3 Å². The lowest BCUT2D eigenvalue weighted by Gasteiger charge is -2.31. The van der Waals surface area contributed by atoms with Gasteiger partial charge in [0, 0.05) is 0 Å². The maximum absolute atomic E-state index is 13.0. The first-order chi connectivity index (χ1) is 10.9. The van der Waals surface area contributed by atoms with Gasteiger partial charge in [-0.2, -0.15) is 0 Å². The molecule has 0 saturated heterocycles. The van der Waals surface area contributed by atoms with E-state index >= 15 is 0 Å². The summed E-state index contributed by atoms with van der Waals surface area (Å²) in [4.78, 5) is 11.9. The zero-order valence-corrected chi connectivity index (χ0v) is 16.4. The van der Waals surface area contributed by atoms with Crippen molar-refractivity contribution in [3.63, 3.8) is 0 Å². The minimum Gasteiger partial charge on any atom is -0.461 e. The van der Waals surface area contributed by atoms with Gasteiger partial charge in [-0.1, -0.05) is 30.3 Å². The van der Waals surface area contributed by atoms with Gasteiger partial charge in [0.05, 0.1) is 23.8 Å². The van der Waals surface area contributed by atoms with Crippen LogP contribution >= 0.6 is 7.60 Å². The maximum atomic E-state index is 13.0. The Labute approximate surface area is 145 Å². The molecule has 0 bridgehead atoms. The minimum atomic E-state index is -3.41. The molecule has 1 aromatic carbocycles. The van der Waals surface area contributed by atoms with Crippen LogP contribution in [0.3, 0.4) is 0 Å². The van der Waals surface area contributed by atoms with Gasteiger partial charge in [0.15, 0.2) is 0 Å². The number of hydrogen-bond acceptors (Lipinski definition) is 5. The predicted molar refractivity (Wildman–Crippen MR) is 95.0 cm³/mol. The fraction of sp³-hybridized carbons (Fsp3) is 0.611.